The predicted molar refractivity (Wildman–Crippen MR) is 98.2 cm³/mol. The molecule has 0 bridgehead atoms. The lowest BCUT2D eigenvalue weighted by Crippen LogP contribution is -2.32. The zero-order valence-electron chi connectivity index (χ0n) is 15.0. The number of halogens is 3. The van der Waals surface area contributed by atoms with Crippen molar-refractivity contribution in [2.75, 3.05) is 5.32 Å². The van der Waals surface area contributed by atoms with Crippen LogP contribution in [0.15, 0.2) is 42.7 Å². The first kappa shape index (κ1) is 18.3. The summed E-state index contributed by atoms with van der Waals surface area (Å²) in [7, 11) is 0. The number of carbonyl (C=O) groups excluding carboxylic acids is 1. The summed E-state index contributed by atoms with van der Waals surface area (Å²) >= 11 is 0. The first-order valence-electron chi connectivity index (χ1n) is 8.88. The normalized spacial score (nSPS) is 19.3. The van der Waals surface area contributed by atoms with E-state index in [-0.39, 0.29) is 17.9 Å². The summed E-state index contributed by atoms with van der Waals surface area (Å²) in [5.41, 5.74) is 1.49. The van der Waals surface area contributed by atoms with Crippen LogP contribution in [-0.4, -0.2) is 22.0 Å². The number of nitrogens with zero attached hydrogens (tertiary/aromatic N) is 1. The van der Waals surface area contributed by atoms with Crippen molar-refractivity contribution in [2.45, 2.75) is 38.0 Å². The van der Waals surface area contributed by atoms with E-state index >= 15 is 0 Å². The molecule has 0 radical (unpaired) electrons. The van der Waals surface area contributed by atoms with Crippen molar-refractivity contribution < 1.29 is 22.7 Å². The number of hydrogen-bond acceptors (Lipinski definition) is 3. The Balaban J connectivity index is 1.40. The highest BCUT2D eigenvalue weighted by Crippen LogP contribution is 2.40. The summed E-state index contributed by atoms with van der Waals surface area (Å²) in [5.74, 6) is 0.678. The molecular weight excluding hydrogens is 371 g/mol. The Hall–Kier alpha value is -3.03. The van der Waals surface area contributed by atoms with Gasteiger partial charge in [-0.25, -0.2) is 0 Å². The smallest absolute Gasteiger partial charge is 0.433 e. The number of aromatic amines is 1. The highest BCUT2D eigenvalue weighted by Gasteiger charge is 2.35. The summed E-state index contributed by atoms with van der Waals surface area (Å²) in [6.45, 7) is 1.45. The van der Waals surface area contributed by atoms with E-state index in [1.165, 1.54) is 19.2 Å². The number of hydrogen-bond donors (Lipinski definition) is 2. The van der Waals surface area contributed by atoms with Crippen LogP contribution in [0.2, 0.25) is 0 Å². The van der Waals surface area contributed by atoms with Gasteiger partial charge in [-0.05, 0) is 48.6 Å². The van der Waals surface area contributed by atoms with Crippen molar-refractivity contribution in [3.05, 3.63) is 54.0 Å². The third kappa shape index (κ3) is 3.67. The molecule has 146 valence electrons. The SMILES string of the molecule is CC(=O)Nc1c[nH]c2ccc(O[C@H]3C[C@H](c4ccc(C(F)(F)F)nc4)C3)cc12. The van der Waals surface area contributed by atoms with Crippen LogP contribution in [0, 0.1) is 0 Å². The van der Waals surface area contributed by atoms with E-state index in [1.54, 1.807) is 6.20 Å². The van der Waals surface area contributed by atoms with Crippen molar-refractivity contribution in [3.63, 3.8) is 0 Å². The van der Waals surface area contributed by atoms with E-state index in [4.69, 9.17) is 4.74 Å². The van der Waals surface area contributed by atoms with E-state index in [0.29, 0.717) is 11.4 Å². The van der Waals surface area contributed by atoms with Gasteiger partial charge in [0, 0.05) is 30.2 Å². The monoisotopic (exact) mass is 389 g/mol. The van der Waals surface area contributed by atoms with Gasteiger partial charge in [-0.15, -0.1) is 0 Å². The number of alkyl halides is 3. The van der Waals surface area contributed by atoms with Crippen LogP contribution in [0.4, 0.5) is 18.9 Å². The second-order valence-electron chi connectivity index (χ2n) is 6.97. The number of pyridine rings is 1. The zero-order chi connectivity index (χ0) is 19.9. The number of carbonyl (C=O) groups is 1. The molecule has 1 saturated carbocycles. The van der Waals surface area contributed by atoms with E-state index in [2.05, 4.69) is 15.3 Å². The molecule has 0 atom stereocenters. The molecule has 1 aromatic carbocycles. The average molecular weight is 389 g/mol. The number of benzene rings is 1. The Kier molecular flexibility index (Phi) is 4.49. The predicted octanol–water partition coefficient (Wildman–Crippen LogP) is 4.87. The third-order valence-electron chi connectivity index (χ3n) is 4.91. The number of fused-ring (bicyclic) bond motifs is 1. The number of nitrogens with one attached hydrogen (secondary N) is 2. The number of ether oxygens (including phenoxy) is 1. The van der Waals surface area contributed by atoms with Gasteiger partial charge >= 0.3 is 6.18 Å². The Morgan fingerprint density at radius 1 is 1.25 bits per heavy atom. The van der Waals surface area contributed by atoms with E-state index in [9.17, 15) is 18.0 Å². The van der Waals surface area contributed by atoms with Gasteiger partial charge in [0.15, 0.2) is 0 Å². The summed E-state index contributed by atoms with van der Waals surface area (Å²) in [6, 6.07) is 8.11. The van der Waals surface area contributed by atoms with Gasteiger partial charge < -0.3 is 15.0 Å². The van der Waals surface area contributed by atoms with Crippen molar-refractivity contribution in [2.24, 2.45) is 0 Å². The summed E-state index contributed by atoms with van der Waals surface area (Å²) in [5, 5.41) is 3.62. The molecule has 2 N–H and O–H groups in total. The molecular formula is C20H18F3N3O2. The quantitative estimate of drug-likeness (QED) is 0.669. The van der Waals surface area contributed by atoms with Gasteiger partial charge in [0.25, 0.3) is 0 Å². The van der Waals surface area contributed by atoms with E-state index in [1.807, 2.05) is 18.2 Å². The first-order valence-corrected chi connectivity index (χ1v) is 8.88. The molecule has 0 aliphatic heterocycles. The summed E-state index contributed by atoms with van der Waals surface area (Å²) < 4.78 is 43.8. The van der Waals surface area contributed by atoms with Gasteiger partial charge in [-0.1, -0.05) is 6.07 Å². The zero-order valence-corrected chi connectivity index (χ0v) is 15.0. The topological polar surface area (TPSA) is 67.0 Å². The number of aromatic nitrogens is 2. The summed E-state index contributed by atoms with van der Waals surface area (Å²) in [6.07, 6.45) is 0.0415. The van der Waals surface area contributed by atoms with Gasteiger partial charge in [0.1, 0.15) is 11.4 Å². The van der Waals surface area contributed by atoms with Gasteiger partial charge in [0.2, 0.25) is 5.91 Å². The lowest BCUT2D eigenvalue weighted by atomic mass is 9.78. The molecule has 2 heterocycles. The fraction of sp³-hybridized carbons (Fsp3) is 0.300. The molecule has 1 fully saturated rings. The Labute approximate surface area is 158 Å². The maximum atomic E-state index is 12.6. The van der Waals surface area contributed by atoms with Crippen LogP contribution in [-0.2, 0) is 11.0 Å². The molecule has 28 heavy (non-hydrogen) atoms. The number of amides is 1. The molecule has 0 unspecified atom stereocenters. The first-order chi connectivity index (χ1) is 13.3. The van der Waals surface area contributed by atoms with E-state index < -0.39 is 11.9 Å². The Morgan fingerprint density at radius 2 is 2.04 bits per heavy atom. The number of rotatable bonds is 4. The van der Waals surface area contributed by atoms with Crippen LogP contribution in [0.3, 0.4) is 0 Å². The molecule has 5 nitrogen and oxygen atoms in total. The Bertz CT molecular complexity index is 1010. The third-order valence-corrected chi connectivity index (χ3v) is 4.91. The lowest BCUT2D eigenvalue weighted by molar-refractivity contribution is -0.141. The molecule has 8 heteroatoms. The van der Waals surface area contributed by atoms with Crippen molar-refractivity contribution in [3.8, 4) is 5.75 Å². The molecule has 0 spiro atoms. The number of H-pyrrole nitrogens is 1. The second kappa shape index (κ2) is 6.85. The highest BCUT2D eigenvalue weighted by atomic mass is 19.4. The van der Waals surface area contributed by atoms with Crippen LogP contribution in [0.5, 0.6) is 5.75 Å². The molecule has 1 aliphatic rings. The second-order valence-corrected chi connectivity index (χ2v) is 6.97. The molecule has 1 aliphatic carbocycles. The minimum absolute atomic E-state index is 0.00657. The highest BCUT2D eigenvalue weighted by molar-refractivity contribution is 6.01. The van der Waals surface area contributed by atoms with Gasteiger partial charge in [0.05, 0.1) is 11.8 Å². The largest absolute Gasteiger partial charge is 0.490 e. The van der Waals surface area contributed by atoms with Crippen LogP contribution in [0.25, 0.3) is 10.9 Å². The molecule has 3 aromatic rings. The van der Waals surface area contributed by atoms with Crippen LogP contribution >= 0.6 is 0 Å². The fourth-order valence-electron chi connectivity index (χ4n) is 3.41. The van der Waals surface area contributed by atoms with Gasteiger partial charge in [-0.2, -0.15) is 13.2 Å². The van der Waals surface area contributed by atoms with Crippen LogP contribution in [0.1, 0.15) is 36.9 Å². The summed E-state index contributed by atoms with van der Waals surface area (Å²) in [4.78, 5) is 17.9. The van der Waals surface area contributed by atoms with Gasteiger partial charge in [-0.3, -0.25) is 9.78 Å². The van der Waals surface area contributed by atoms with Crippen molar-refractivity contribution >= 4 is 22.5 Å². The molecule has 2 aromatic heterocycles. The maximum absolute atomic E-state index is 12.6. The molecule has 1 amide bonds. The molecule has 0 saturated heterocycles. The van der Waals surface area contributed by atoms with Crippen LogP contribution < -0.4 is 10.1 Å². The van der Waals surface area contributed by atoms with Crippen molar-refractivity contribution in [1.82, 2.24) is 9.97 Å². The minimum atomic E-state index is -4.42. The number of anilines is 1. The standard InChI is InChI=1S/C20H18F3N3O2/c1-11(27)26-18-10-24-17-4-3-14(8-16(17)18)28-15-6-13(7-15)12-2-5-19(25-9-12)20(21,22)23/h2-5,8-10,13,15,24H,6-7H2,1H3,(H,26,27)/t13-,15-. The fourth-order valence-corrected chi connectivity index (χ4v) is 3.41. The van der Waals surface area contributed by atoms with E-state index in [0.717, 1.165) is 35.4 Å². The maximum Gasteiger partial charge on any atom is 0.433 e. The molecule has 4 rings (SSSR count). The average Bonchev–Trinajstić information content (AvgIpc) is 2.99. The lowest BCUT2D eigenvalue weighted by Gasteiger charge is -2.35. The Morgan fingerprint density at radius 3 is 2.68 bits per heavy atom. The van der Waals surface area contributed by atoms with Crippen molar-refractivity contribution in [1.29, 1.82) is 0 Å². The minimum Gasteiger partial charge on any atom is -0.490 e.